The van der Waals surface area contributed by atoms with Crippen LogP contribution in [0.4, 0.5) is 5.69 Å². The van der Waals surface area contributed by atoms with Gasteiger partial charge >= 0.3 is 0 Å². The summed E-state index contributed by atoms with van der Waals surface area (Å²) >= 11 is 0. The first kappa shape index (κ1) is 24.2. The number of rotatable bonds is 10. The van der Waals surface area contributed by atoms with E-state index in [0.717, 1.165) is 18.4 Å². The number of carbonyl (C=O) groups is 1. The van der Waals surface area contributed by atoms with Crippen LogP contribution in [-0.4, -0.2) is 58.6 Å². The fourth-order valence-electron chi connectivity index (χ4n) is 3.65. The van der Waals surface area contributed by atoms with Gasteiger partial charge in [0.25, 0.3) is 0 Å². The van der Waals surface area contributed by atoms with Crippen LogP contribution in [0.1, 0.15) is 31.4 Å². The predicted octanol–water partition coefficient (Wildman–Crippen LogP) is 2.79. The second kappa shape index (κ2) is 11.4. The Morgan fingerprint density at radius 1 is 1.16 bits per heavy atom. The number of methoxy groups -OCH3 is 1. The Labute approximate surface area is 190 Å². The molecule has 2 aromatic rings. The first-order chi connectivity index (χ1) is 15.5. The van der Waals surface area contributed by atoms with Crippen LogP contribution in [0.2, 0.25) is 0 Å². The summed E-state index contributed by atoms with van der Waals surface area (Å²) in [5.41, 5.74) is 1.44. The molecule has 9 heteroatoms. The normalized spacial score (nSPS) is 15.8. The van der Waals surface area contributed by atoms with E-state index in [1.165, 1.54) is 23.5 Å². The number of nitrogens with zero attached hydrogens (tertiary/aromatic N) is 1. The molecule has 0 saturated carbocycles. The summed E-state index contributed by atoms with van der Waals surface area (Å²) < 4.78 is 37.9. The zero-order valence-electron chi connectivity index (χ0n) is 18.5. The molecular weight excluding hydrogens is 430 g/mol. The van der Waals surface area contributed by atoms with E-state index in [2.05, 4.69) is 17.6 Å². The van der Waals surface area contributed by atoms with Gasteiger partial charge in [-0.1, -0.05) is 43.7 Å². The maximum absolute atomic E-state index is 13.0. The van der Waals surface area contributed by atoms with Crippen molar-refractivity contribution in [3.63, 3.8) is 0 Å². The highest BCUT2D eigenvalue weighted by molar-refractivity contribution is 7.89. The number of anilines is 1. The molecule has 1 saturated heterocycles. The summed E-state index contributed by atoms with van der Waals surface area (Å²) in [4.78, 5) is 12.8. The molecule has 8 nitrogen and oxygen atoms in total. The van der Waals surface area contributed by atoms with Gasteiger partial charge < -0.3 is 20.1 Å². The average Bonchev–Trinajstić information content (AvgIpc) is 2.82. The van der Waals surface area contributed by atoms with E-state index in [4.69, 9.17) is 9.47 Å². The molecule has 0 aliphatic carbocycles. The molecule has 1 heterocycles. The molecule has 1 amide bonds. The van der Waals surface area contributed by atoms with Crippen LogP contribution in [0.15, 0.2) is 53.4 Å². The highest BCUT2D eigenvalue weighted by Gasteiger charge is 2.27. The van der Waals surface area contributed by atoms with Gasteiger partial charge in [-0.25, -0.2) is 8.42 Å². The number of hydrogen-bond donors (Lipinski definition) is 2. The smallest absolute Gasteiger partial charge is 0.243 e. The maximum atomic E-state index is 13.0. The van der Waals surface area contributed by atoms with Crippen molar-refractivity contribution < 1.29 is 22.7 Å². The summed E-state index contributed by atoms with van der Waals surface area (Å²) in [7, 11) is -2.21. The Morgan fingerprint density at radius 2 is 1.88 bits per heavy atom. The maximum Gasteiger partial charge on any atom is 0.243 e. The first-order valence-electron chi connectivity index (χ1n) is 10.8. The van der Waals surface area contributed by atoms with Crippen LogP contribution in [-0.2, 0) is 19.6 Å². The number of amides is 1. The topological polar surface area (TPSA) is 97.0 Å². The second-order valence-electron chi connectivity index (χ2n) is 7.56. The number of morpholine rings is 1. The lowest BCUT2D eigenvalue weighted by Crippen LogP contribution is -2.40. The van der Waals surface area contributed by atoms with E-state index in [1.54, 1.807) is 6.07 Å². The van der Waals surface area contributed by atoms with Crippen molar-refractivity contribution in [2.75, 3.05) is 45.3 Å². The van der Waals surface area contributed by atoms with E-state index in [-0.39, 0.29) is 23.4 Å². The summed E-state index contributed by atoms with van der Waals surface area (Å²) in [5.74, 6) is 0.119. The van der Waals surface area contributed by atoms with Gasteiger partial charge in [-0.2, -0.15) is 4.31 Å². The predicted molar refractivity (Wildman–Crippen MR) is 123 cm³/mol. The van der Waals surface area contributed by atoms with Gasteiger partial charge in [0.1, 0.15) is 5.75 Å². The minimum Gasteiger partial charge on any atom is -0.495 e. The largest absolute Gasteiger partial charge is 0.495 e. The average molecular weight is 462 g/mol. The molecular formula is C23H31N3O5S. The summed E-state index contributed by atoms with van der Waals surface area (Å²) in [6, 6.07) is 14.5. The zero-order valence-corrected chi connectivity index (χ0v) is 19.4. The Bertz CT molecular complexity index is 992. The molecule has 2 N–H and O–H groups in total. The van der Waals surface area contributed by atoms with Crippen LogP contribution in [0.25, 0.3) is 0 Å². The Balaban J connectivity index is 1.71. The number of hydrogen-bond acceptors (Lipinski definition) is 6. The lowest BCUT2D eigenvalue weighted by atomic mass is 10.0. The highest BCUT2D eigenvalue weighted by Crippen LogP contribution is 2.29. The van der Waals surface area contributed by atoms with Gasteiger partial charge in [-0.05, 0) is 30.2 Å². The zero-order chi connectivity index (χ0) is 23.0. The van der Waals surface area contributed by atoms with Crippen molar-refractivity contribution in [2.45, 2.75) is 30.7 Å². The highest BCUT2D eigenvalue weighted by atomic mass is 32.2. The molecule has 0 aromatic heterocycles. The van der Waals surface area contributed by atoms with Crippen molar-refractivity contribution in [1.29, 1.82) is 0 Å². The lowest BCUT2D eigenvalue weighted by Gasteiger charge is -2.26. The summed E-state index contributed by atoms with van der Waals surface area (Å²) in [6.45, 7) is 3.53. The molecule has 1 aliphatic rings. The quantitative estimate of drug-likeness (QED) is 0.565. The number of benzene rings is 2. The molecule has 3 rings (SSSR count). The van der Waals surface area contributed by atoms with Gasteiger partial charge in [-0.3, -0.25) is 4.79 Å². The van der Waals surface area contributed by atoms with Crippen molar-refractivity contribution in [3.8, 4) is 5.75 Å². The van der Waals surface area contributed by atoms with Crippen molar-refractivity contribution in [1.82, 2.24) is 9.62 Å². The fourth-order valence-corrected chi connectivity index (χ4v) is 5.09. The van der Waals surface area contributed by atoms with Gasteiger partial charge in [0.05, 0.1) is 37.5 Å². The van der Waals surface area contributed by atoms with Crippen LogP contribution in [0, 0.1) is 0 Å². The van der Waals surface area contributed by atoms with Gasteiger partial charge in [0.2, 0.25) is 15.9 Å². The van der Waals surface area contributed by atoms with Crippen LogP contribution >= 0.6 is 0 Å². The SMILES string of the molecule is CCC[C@H](NCC(=O)Nc1cc(S(=O)(=O)N2CCOCC2)ccc1OC)c1ccccc1. The van der Waals surface area contributed by atoms with Gasteiger partial charge in [0.15, 0.2) is 0 Å². The third-order valence-electron chi connectivity index (χ3n) is 5.34. The third kappa shape index (κ3) is 6.07. The Morgan fingerprint density at radius 3 is 2.53 bits per heavy atom. The molecule has 0 bridgehead atoms. The molecule has 1 atom stereocenters. The van der Waals surface area contributed by atoms with Crippen molar-refractivity contribution in [2.24, 2.45) is 0 Å². The van der Waals surface area contributed by atoms with Crippen molar-refractivity contribution >= 4 is 21.6 Å². The van der Waals surface area contributed by atoms with Crippen molar-refractivity contribution in [3.05, 3.63) is 54.1 Å². The van der Waals surface area contributed by atoms with E-state index in [9.17, 15) is 13.2 Å². The molecule has 0 radical (unpaired) electrons. The number of nitrogens with one attached hydrogen (secondary N) is 2. The van der Waals surface area contributed by atoms with Crippen LogP contribution < -0.4 is 15.4 Å². The van der Waals surface area contributed by atoms with Gasteiger partial charge in [0, 0.05) is 19.1 Å². The number of ether oxygens (including phenoxy) is 2. The first-order valence-corrected chi connectivity index (χ1v) is 12.2. The Hall–Kier alpha value is -2.46. The van der Waals surface area contributed by atoms with E-state index in [1.807, 2.05) is 30.3 Å². The van der Waals surface area contributed by atoms with E-state index in [0.29, 0.717) is 37.7 Å². The second-order valence-corrected chi connectivity index (χ2v) is 9.50. The molecule has 32 heavy (non-hydrogen) atoms. The van der Waals surface area contributed by atoms with E-state index >= 15 is 0 Å². The molecule has 0 spiro atoms. The minimum atomic E-state index is -3.68. The van der Waals surface area contributed by atoms with Crippen LogP contribution in [0.3, 0.4) is 0 Å². The van der Waals surface area contributed by atoms with Gasteiger partial charge in [-0.15, -0.1) is 0 Å². The standard InChI is InChI=1S/C23H31N3O5S/c1-3-7-20(18-8-5-4-6-9-18)24-17-23(27)25-21-16-19(10-11-22(21)30-2)32(28,29)26-12-14-31-15-13-26/h4-6,8-11,16,20,24H,3,7,12-15,17H2,1-2H3,(H,25,27)/t20-/m0/s1. The summed E-state index contributed by atoms with van der Waals surface area (Å²) in [5, 5.41) is 6.09. The third-order valence-corrected chi connectivity index (χ3v) is 7.24. The molecule has 0 unspecified atom stereocenters. The monoisotopic (exact) mass is 461 g/mol. The van der Waals surface area contributed by atoms with Crippen LogP contribution in [0.5, 0.6) is 5.75 Å². The summed E-state index contributed by atoms with van der Waals surface area (Å²) in [6.07, 6.45) is 1.87. The molecule has 2 aromatic carbocycles. The Kier molecular flexibility index (Phi) is 8.63. The number of carbonyl (C=O) groups excluding carboxylic acids is 1. The fraction of sp³-hybridized carbons (Fsp3) is 0.435. The van der Waals surface area contributed by atoms with E-state index < -0.39 is 10.0 Å². The molecule has 174 valence electrons. The molecule has 1 fully saturated rings. The lowest BCUT2D eigenvalue weighted by molar-refractivity contribution is -0.115. The minimum absolute atomic E-state index is 0.0573. The number of sulfonamides is 1. The molecule has 1 aliphatic heterocycles.